The van der Waals surface area contributed by atoms with E-state index in [-0.39, 0.29) is 0 Å². The normalized spacial score (nSPS) is 12.8. The highest BCUT2D eigenvalue weighted by atomic mass is 79.9. The summed E-state index contributed by atoms with van der Waals surface area (Å²) in [5.41, 5.74) is 4.53. The van der Waals surface area contributed by atoms with Crippen LogP contribution < -0.4 is 0 Å². The first kappa shape index (κ1) is 12.8. The van der Waals surface area contributed by atoms with Gasteiger partial charge in [-0.1, -0.05) is 54.9 Å². The Labute approximate surface area is 102 Å². The lowest BCUT2D eigenvalue weighted by molar-refractivity contribution is 0.731. The first-order chi connectivity index (χ1) is 7.22. The Hall–Kier alpha value is -0.300. The molecule has 0 nitrogen and oxygen atoms in total. The fourth-order valence-corrected chi connectivity index (χ4v) is 2.65. The van der Waals surface area contributed by atoms with Gasteiger partial charge in [-0.15, -0.1) is 0 Å². The van der Waals surface area contributed by atoms with Crippen molar-refractivity contribution in [1.29, 1.82) is 0 Å². The fraction of sp³-hybridized carbons (Fsp3) is 0.571. The van der Waals surface area contributed by atoms with Gasteiger partial charge in [-0.05, 0) is 41.9 Å². The van der Waals surface area contributed by atoms with Crippen LogP contribution in [0, 0.1) is 0 Å². The Bertz CT molecular complexity index is 304. The molecule has 0 spiro atoms. The molecular formula is C14H21Br. The summed E-state index contributed by atoms with van der Waals surface area (Å²) < 4.78 is 0. The van der Waals surface area contributed by atoms with E-state index in [4.69, 9.17) is 0 Å². The molecule has 0 bridgehead atoms. The summed E-state index contributed by atoms with van der Waals surface area (Å²) in [6.07, 6.45) is 3.50. The van der Waals surface area contributed by atoms with E-state index in [1.165, 1.54) is 17.5 Å². The maximum atomic E-state index is 3.53. The summed E-state index contributed by atoms with van der Waals surface area (Å²) in [6.45, 7) is 6.79. The second kappa shape index (κ2) is 6.32. The average molecular weight is 269 g/mol. The van der Waals surface area contributed by atoms with Gasteiger partial charge in [0.15, 0.2) is 0 Å². The van der Waals surface area contributed by atoms with Gasteiger partial charge in [-0.2, -0.15) is 0 Å². The van der Waals surface area contributed by atoms with Crippen LogP contribution in [-0.4, -0.2) is 5.33 Å². The van der Waals surface area contributed by atoms with Gasteiger partial charge in [0.1, 0.15) is 0 Å². The Kier molecular flexibility index (Phi) is 5.38. The average Bonchev–Trinajstić information content (AvgIpc) is 2.28. The van der Waals surface area contributed by atoms with Crippen LogP contribution in [0.1, 0.15) is 49.8 Å². The lowest BCUT2D eigenvalue weighted by Crippen LogP contribution is -2.01. The smallest absolute Gasteiger partial charge is 0.00370 e. The summed E-state index contributed by atoms with van der Waals surface area (Å²) in [6, 6.07) is 6.97. The van der Waals surface area contributed by atoms with Gasteiger partial charge < -0.3 is 0 Å². The van der Waals surface area contributed by atoms with Gasteiger partial charge in [0.05, 0.1) is 0 Å². The van der Waals surface area contributed by atoms with E-state index in [2.05, 4.69) is 54.9 Å². The molecule has 1 aromatic rings. The Morgan fingerprint density at radius 3 is 2.47 bits per heavy atom. The number of alkyl halides is 1. The van der Waals surface area contributed by atoms with Crippen molar-refractivity contribution in [3.05, 3.63) is 34.9 Å². The summed E-state index contributed by atoms with van der Waals surface area (Å²) in [7, 11) is 0. The lowest BCUT2D eigenvalue weighted by atomic mass is 9.90. The van der Waals surface area contributed by atoms with E-state index < -0.39 is 0 Å². The molecule has 15 heavy (non-hydrogen) atoms. The minimum absolute atomic E-state index is 0.672. The van der Waals surface area contributed by atoms with Crippen LogP contribution in [0.15, 0.2) is 18.2 Å². The van der Waals surface area contributed by atoms with Crippen molar-refractivity contribution in [2.24, 2.45) is 0 Å². The van der Waals surface area contributed by atoms with Crippen molar-refractivity contribution >= 4 is 15.9 Å². The molecule has 0 saturated carbocycles. The van der Waals surface area contributed by atoms with E-state index >= 15 is 0 Å². The molecule has 0 radical (unpaired) electrons. The molecule has 1 heteroatoms. The van der Waals surface area contributed by atoms with Crippen molar-refractivity contribution in [2.75, 3.05) is 5.33 Å². The Balaban J connectivity index is 3.00. The number of benzene rings is 1. The van der Waals surface area contributed by atoms with Gasteiger partial charge in [-0.25, -0.2) is 0 Å². The van der Waals surface area contributed by atoms with Gasteiger partial charge in [0.2, 0.25) is 0 Å². The highest BCUT2D eigenvalue weighted by Gasteiger charge is 2.09. The van der Waals surface area contributed by atoms with Crippen molar-refractivity contribution in [3.8, 4) is 0 Å². The van der Waals surface area contributed by atoms with Crippen LogP contribution in [-0.2, 0) is 12.8 Å². The van der Waals surface area contributed by atoms with Crippen LogP contribution in [0.25, 0.3) is 0 Å². The summed E-state index contributed by atoms with van der Waals surface area (Å²) in [5.74, 6) is 0.672. The van der Waals surface area contributed by atoms with Gasteiger partial charge >= 0.3 is 0 Å². The van der Waals surface area contributed by atoms with Crippen molar-refractivity contribution in [2.45, 2.75) is 46.0 Å². The molecule has 1 unspecified atom stereocenters. The number of hydrogen-bond acceptors (Lipinski definition) is 0. The van der Waals surface area contributed by atoms with Crippen molar-refractivity contribution in [1.82, 2.24) is 0 Å². The zero-order chi connectivity index (χ0) is 11.3. The van der Waals surface area contributed by atoms with Crippen molar-refractivity contribution < 1.29 is 0 Å². The second-order valence-corrected chi connectivity index (χ2v) is 4.91. The standard InChI is InChI=1S/C14H21Br/c1-4-12-6-7-13(5-2)14(10-12)11(3)8-9-15/h6-7,10-11H,4-5,8-9H2,1-3H3. The topological polar surface area (TPSA) is 0 Å². The maximum absolute atomic E-state index is 3.53. The molecule has 84 valence electrons. The predicted molar refractivity (Wildman–Crippen MR) is 72.0 cm³/mol. The van der Waals surface area contributed by atoms with E-state index in [0.29, 0.717) is 5.92 Å². The molecular weight excluding hydrogens is 248 g/mol. The maximum Gasteiger partial charge on any atom is 0.00370 e. The van der Waals surface area contributed by atoms with Gasteiger partial charge in [0.25, 0.3) is 0 Å². The molecule has 1 atom stereocenters. The first-order valence-electron chi connectivity index (χ1n) is 5.90. The molecule has 0 fully saturated rings. The van der Waals surface area contributed by atoms with E-state index in [0.717, 1.165) is 18.2 Å². The molecule has 1 rings (SSSR count). The molecule has 0 N–H and O–H groups in total. The van der Waals surface area contributed by atoms with Crippen LogP contribution in [0.2, 0.25) is 0 Å². The van der Waals surface area contributed by atoms with Gasteiger partial charge in [-0.3, -0.25) is 0 Å². The number of aryl methyl sites for hydroxylation is 2. The highest BCUT2D eigenvalue weighted by molar-refractivity contribution is 9.09. The summed E-state index contributed by atoms with van der Waals surface area (Å²) in [4.78, 5) is 0. The van der Waals surface area contributed by atoms with Crippen LogP contribution in [0.3, 0.4) is 0 Å². The molecule has 0 heterocycles. The summed E-state index contributed by atoms with van der Waals surface area (Å²) in [5, 5.41) is 1.09. The SMILES string of the molecule is CCc1ccc(CC)c(C(C)CCBr)c1. The molecule has 0 aliphatic carbocycles. The highest BCUT2D eigenvalue weighted by Crippen LogP contribution is 2.25. The monoisotopic (exact) mass is 268 g/mol. The van der Waals surface area contributed by atoms with E-state index in [1.807, 2.05) is 0 Å². The van der Waals surface area contributed by atoms with Crippen LogP contribution in [0.4, 0.5) is 0 Å². The number of halogens is 1. The third-order valence-corrected chi connectivity index (χ3v) is 3.53. The van der Waals surface area contributed by atoms with E-state index in [9.17, 15) is 0 Å². The number of rotatable bonds is 5. The molecule has 0 saturated heterocycles. The Morgan fingerprint density at radius 1 is 1.20 bits per heavy atom. The first-order valence-corrected chi connectivity index (χ1v) is 7.02. The molecule has 0 aliphatic rings. The lowest BCUT2D eigenvalue weighted by Gasteiger charge is -2.16. The molecule has 1 aromatic carbocycles. The van der Waals surface area contributed by atoms with Gasteiger partial charge in [0, 0.05) is 5.33 Å². The zero-order valence-electron chi connectivity index (χ0n) is 10.0. The van der Waals surface area contributed by atoms with Crippen LogP contribution in [0.5, 0.6) is 0 Å². The third-order valence-electron chi connectivity index (χ3n) is 3.07. The largest absolute Gasteiger partial charge is 0.0928 e. The fourth-order valence-electron chi connectivity index (χ4n) is 1.96. The summed E-state index contributed by atoms with van der Waals surface area (Å²) >= 11 is 3.53. The zero-order valence-corrected chi connectivity index (χ0v) is 11.6. The minimum Gasteiger partial charge on any atom is -0.0928 e. The number of hydrogen-bond donors (Lipinski definition) is 0. The molecule has 0 aromatic heterocycles. The van der Waals surface area contributed by atoms with Crippen LogP contribution >= 0.6 is 15.9 Å². The predicted octanol–water partition coefficient (Wildman–Crippen LogP) is 4.70. The Morgan fingerprint density at radius 2 is 1.93 bits per heavy atom. The third kappa shape index (κ3) is 3.34. The molecule has 0 aliphatic heterocycles. The quantitative estimate of drug-likeness (QED) is 0.680. The van der Waals surface area contributed by atoms with Crippen molar-refractivity contribution in [3.63, 3.8) is 0 Å². The molecule has 0 amide bonds. The van der Waals surface area contributed by atoms with E-state index in [1.54, 1.807) is 5.56 Å². The second-order valence-electron chi connectivity index (χ2n) is 4.12. The minimum atomic E-state index is 0.672.